The van der Waals surface area contributed by atoms with E-state index in [0.29, 0.717) is 58.2 Å². The maximum Gasteiger partial charge on any atom is 0.0995 e. The third-order valence-electron chi connectivity index (χ3n) is 25.6. The first-order valence-corrected chi connectivity index (χ1v) is 32.6. The summed E-state index contributed by atoms with van der Waals surface area (Å²) in [5, 5.41) is 28.9. The minimum Gasteiger partial charge on any atom is -0.308 e. The van der Waals surface area contributed by atoms with Gasteiger partial charge in [0.15, 0.2) is 0 Å². The molecule has 7 aromatic carbocycles. The Morgan fingerprint density at radius 1 is 0.470 bits per heavy atom. The van der Waals surface area contributed by atoms with Gasteiger partial charge in [0.25, 0.3) is 0 Å². The van der Waals surface area contributed by atoms with Gasteiger partial charge in [-0.2, -0.15) is 10.5 Å². The number of aromatic nitrogens is 1. The second kappa shape index (κ2) is 16.2. The van der Waals surface area contributed by atoms with E-state index in [1.54, 1.807) is 0 Å². The quantitative estimate of drug-likeness (QED) is 0.167. The van der Waals surface area contributed by atoms with Crippen LogP contribution in [0.15, 0.2) is 84.9 Å². The SMILES string of the molecule is CC(C)c1cccc(C(C)C)c1-c1ccc2c(c1)C(C)(C)C1(C)c3c-2c2c4c5c(c(C#N)cc4n4c6cc(C#N)c7c(c6c(c3-c3ccc(-c6c(C(C)C)cccc6C(C)C)cc3C1(C)C)c24)C1CC12CCCC7C2)C1CCCC2(C1)CC52. The molecule has 0 amide bonds. The molecule has 4 bridgehead atoms. The molecule has 0 N–H and O–H groups in total. The van der Waals surface area contributed by atoms with Gasteiger partial charge in [-0.25, -0.2) is 0 Å². The van der Waals surface area contributed by atoms with E-state index in [1.165, 1.54) is 208 Å². The molecular formula is C80H81N3. The number of nitriles is 2. The molecule has 3 nitrogen and oxygen atoms in total. The zero-order valence-corrected chi connectivity index (χ0v) is 51.6. The number of nitrogens with zero attached hydrogens (tertiary/aromatic N) is 3. The molecule has 0 saturated heterocycles. The highest BCUT2D eigenvalue weighted by atomic mass is 14.9. The minimum atomic E-state index is -0.436. The number of benzene rings is 7. The summed E-state index contributed by atoms with van der Waals surface area (Å²) in [5.41, 5.74) is 32.0. The first-order chi connectivity index (χ1) is 39.7. The maximum atomic E-state index is 11.6. The Balaban J connectivity index is 1.12. The summed E-state index contributed by atoms with van der Waals surface area (Å²) in [4.78, 5) is 0. The lowest BCUT2D eigenvalue weighted by Gasteiger charge is -2.61. The Morgan fingerprint density at radius 2 is 0.867 bits per heavy atom. The number of rotatable bonds is 6. The van der Waals surface area contributed by atoms with Crippen molar-refractivity contribution in [3.63, 3.8) is 0 Å². The molecule has 8 aliphatic rings. The van der Waals surface area contributed by atoms with Gasteiger partial charge in [-0.1, -0.05) is 164 Å². The van der Waals surface area contributed by atoms with Crippen molar-refractivity contribution >= 4 is 38.1 Å². The van der Waals surface area contributed by atoms with Crippen molar-refractivity contribution in [2.45, 2.75) is 218 Å². The third-order valence-corrected chi connectivity index (χ3v) is 25.6. The van der Waals surface area contributed by atoms with E-state index in [4.69, 9.17) is 0 Å². The average Bonchev–Trinajstić information content (AvgIpc) is 1.60. The van der Waals surface area contributed by atoms with Gasteiger partial charge in [0.05, 0.1) is 39.8 Å². The van der Waals surface area contributed by atoms with Crippen LogP contribution in [0.5, 0.6) is 0 Å². The molecule has 8 aliphatic carbocycles. The van der Waals surface area contributed by atoms with Crippen molar-refractivity contribution in [1.82, 2.24) is 4.40 Å². The van der Waals surface area contributed by atoms with Crippen LogP contribution in [0.25, 0.3) is 82.6 Å². The molecular weight excluding hydrogens is 1000 g/mol. The standard InChI is InChI=1S/C80H81N3/c1-40(2)50-20-14-21-51(41(3)4)64(50)44-24-26-54-56(30-44)76(9,10)78(13)74-66(54)72-70-60(32-48(38-81)62-46-18-16-28-79(34-46)36-58(79)68(62)70)83-61-33-49(39-82)63-47-19-17-29-80(35-47)37-59(80)69(63)71(61)73(75(72)83)67(74)55-27-25-45(31-57(55)77(78,11)12)65-52(42(5)6)22-15-23-53(65)43(7)8/h14-15,20-27,30-33,40-43,46-47,58-59H,16-19,28-29,34-37H2,1-13H3. The lowest BCUT2D eigenvalue weighted by Crippen LogP contribution is -2.58. The summed E-state index contributed by atoms with van der Waals surface area (Å²) in [5.74, 6) is 3.20. The fourth-order valence-electron chi connectivity index (χ4n) is 21.3. The van der Waals surface area contributed by atoms with E-state index in [-0.39, 0.29) is 10.8 Å². The van der Waals surface area contributed by atoms with E-state index in [0.717, 1.165) is 11.1 Å². The summed E-state index contributed by atoms with van der Waals surface area (Å²) < 4.78 is 2.69. The molecule has 6 atom stereocenters. The molecule has 0 radical (unpaired) electrons. The molecule has 83 heavy (non-hydrogen) atoms. The second-order valence-corrected chi connectivity index (χ2v) is 31.0. The Bertz CT molecular complexity index is 4220. The molecule has 9 aromatic rings. The van der Waals surface area contributed by atoms with Gasteiger partial charge in [0, 0.05) is 37.8 Å². The zero-order chi connectivity index (χ0) is 57.2. The van der Waals surface area contributed by atoms with Gasteiger partial charge < -0.3 is 4.40 Å². The van der Waals surface area contributed by atoms with Crippen LogP contribution >= 0.6 is 0 Å². The summed E-state index contributed by atoms with van der Waals surface area (Å²) in [7, 11) is 0. The molecule has 0 aliphatic heterocycles. The number of hydrogen-bond donors (Lipinski definition) is 0. The van der Waals surface area contributed by atoms with Crippen molar-refractivity contribution < 1.29 is 0 Å². The van der Waals surface area contributed by atoms with Crippen LogP contribution in [-0.4, -0.2) is 4.40 Å². The molecule has 2 heterocycles. The van der Waals surface area contributed by atoms with Gasteiger partial charge in [0.2, 0.25) is 0 Å². The van der Waals surface area contributed by atoms with Gasteiger partial charge in [-0.15, -0.1) is 0 Å². The number of hydrogen-bond acceptors (Lipinski definition) is 2. The third kappa shape index (κ3) is 5.93. The monoisotopic (exact) mass is 1080 g/mol. The zero-order valence-electron chi connectivity index (χ0n) is 51.6. The van der Waals surface area contributed by atoms with E-state index in [1.807, 2.05) is 0 Å². The summed E-state index contributed by atoms with van der Waals surface area (Å²) in [6, 6.07) is 40.3. The van der Waals surface area contributed by atoms with E-state index < -0.39 is 5.41 Å². The molecule has 4 fully saturated rings. The molecule has 6 unspecified atom stereocenters. The van der Waals surface area contributed by atoms with E-state index in [2.05, 4.69) is 191 Å². The van der Waals surface area contributed by atoms with Crippen LogP contribution in [0, 0.1) is 33.5 Å². The van der Waals surface area contributed by atoms with Crippen molar-refractivity contribution in [3.8, 4) is 56.6 Å². The van der Waals surface area contributed by atoms with Crippen molar-refractivity contribution in [3.05, 3.63) is 157 Å². The molecule has 2 aromatic heterocycles. The predicted octanol–water partition coefficient (Wildman–Crippen LogP) is 21.9. The highest BCUT2D eigenvalue weighted by molar-refractivity contribution is 6.34. The predicted molar refractivity (Wildman–Crippen MR) is 344 cm³/mol. The average molecular weight is 1080 g/mol. The first kappa shape index (κ1) is 50.8. The van der Waals surface area contributed by atoms with Crippen LogP contribution in [0.3, 0.4) is 0 Å². The fraction of sp³-hybridized carbons (Fsp3) is 0.450. The Morgan fingerprint density at radius 3 is 1.24 bits per heavy atom. The van der Waals surface area contributed by atoms with E-state index >= 15 is 0 Å². The van der Waals surface area contributed by atoms with Crippen molar-refractivity contribution in [1.29, 1.82) is 10.5 Å². The van der Waals surface area contributed by atoms with Gasteiger partial charge >= 0.3 is 0 Å². The molecule has 4 saturated carbocycles. The first-order valence-electron chi connectivity index (χ1n) is 32.6. The van der Waals surface area contributed by atoms with Crippen LogP contribution in [0.2, 0.25) is 0 Å². The summed E-state index contributed by atoms with van der Waals surface area (Å²) in [6.45, 7) is 32.2. The fourth-order valence-corrected chi connectivity index (χ4v) is 21.3. The highest BCUT2D eigenvalue weighted by Gasteiger charge is 2.65. The van der Waals surface area contributed by atoms with Gasteiger partial charge in [-0.05, 0) is 240 Å². The molecule has 2 spiro atoms. The van der Waals surface area contributed by atoms with Gasteiger partial charge in [0.1, 0.15) is 0 Å². The summed E-state index contributed by atoms with van der Waals surface area (Å²) >= 11 is 0. The molecule has 3 heteroatoms. The van der Waals surface area contributed by atoms with Crippen LogP contribution in [-0.2, 0) is 16.2 Å². The topological polar surface area (TPSA) is 52.0 Å². The lowest BCUT2D eigenvalue weighted by molar-refractivity contribution is 0.158. The van der Waals surface area contributed by atoms with Crippen molar-refractivity contribution in [2.75, 3.05) is 0 Å². The minimum absolute atomic E-state index is 0.330. The smallest absolute Gasteiger partial charge is 0.0995 e. The second-order valence-electron chi connectivity index (χ2n) is 31.0. The molecule has 416 valence electrons. The van der Waals surface area contributed by atoms with E-state index in [9.17, 15) is 10.5 Å². The maximum absolute atomic E-state index is 11.6. The number of fused-ring (bicyclic) bond motifs is 22. The Kier molecular flexibility index (Phi) is 9.91. The van der Waals surface area contributed by atoms with Gasteiger partial charge in [-0.3, -0.25) is 0 Å². The van der Waals surface area contributed by atoms with Crippen LogP contribution < -0.4 is 0 Å². The highest BCUT2D eigenvalue weighted by Crippen LogP contribution is 2.78. The molecule has 17 rings (SSSR count). The van der Waals surface area contributed by atoms with Crippen LogP contribution in [0.4, 0.5) is 0 Å². The van der Waals surface area contributed by atoms with Crippen LogP contribution in [0.1, 0.15) is 274 Å². The Hall–Kier alpha value is -6.68. The summed E-state index contributed by atoms with van der Waals surface area (Å²) in [6.07, 6.45) is 12.3. The lowest BCUT2D eigenvalue weighted by atomic mass is 9.41. The van der Waals surface area contributed by atoms with Crippen molar-refractivity contribution in [2.24, 2.45) is 10.8 Å². The largest absolute Gasteiger partial charge is 0.308 e. The Labute approximate surface area is 492 Å². The normalized spacial score (nSPS) is 26.9.